The summed E-state index contributed by atoms with van der Waals surface area (Å²) in [4.78, 5) is 38.4. The number of hydrogen-bond donors (Lipinski definition) is 6. The van der Waals surface area contributed by atoms with Gasteiger partial charge in [-0.2, -0.15) is 0 Å². The van der Waals surface area contributed by atoms with E-state index in [0.29, 0.717) is 6.26 Å². The van der Waals surface area contributed by atoms with Gasteiger partial charge in [0, 0.05) is 25.7 Å². The van der Waals surface area contributed by atoms with Crippen LogP contribution in [-0.4, -0.2) is 75.9 Å². The van der Waals surface area contributed by atoms with E-state index in [-0.39, 0.29) is 21.9 Å². The van der Waals surface area contributed by atoms with Gasteiger partial charge in [0.2, 0.25) is 21.5 Å². The molecule has 7 N–H and O–H groups in total. The van der Waals surface area contributed by atoms with Gasteiger partial charge in [-0.1, -0.05) is 6.07 Å². The van der Waals surface area contributed by atoms with Crippen LogP contribution in [0, 0.1) is 0 Å². The molecule has 15 heteroatoms. The molecule has 0 saturated carbocycles. The lowest BCUT2D eigenvalue weighted by atomic mass is 9.98. The van der Waals surface area contributed by atoms with Gasteiger partial charge in [-0.3, -0.25) is 20.1 Å². The van der Waals surface area contributed by atoms with Crippen molar-refractivity contribution in [3.8, 4) is 11.5 Å². The second-order valence-electron chi connectivity index (χ2n) is 8.43. The number of nitrogens with one attached hydrogen (secondary N) is 1. The van der Waals surface area contributed by atoms with E-state index < -0.39 is 61.2 Å². The highest BCUT2D eigenvalue weighted by molar-refractivity contribution is 7.91. The SMILES string of the molecule is COc1ccc(C(O)(N2C(=O)c3cccc(NC(C)=O)c3C2=O)C(O)(O)S(C)(=O)=O)cc1OC(C)(N)O. The summed E-state index contributed by atoms with van der Waals surface area (Å²) < 4.78 is 35.2. The molecule has 3 amide bonds. The molecule has 2 unspecified atom stereocenters. The molecule has 200 valence electrons. The van der Waals surface area contributed by atoms with Crippen molar-refractivity contribution < 1.29 is 52.7 Å². The average Bonchev–Trinajstić information content (AvgIpc) is 3.02. The number of nitrogens with zero attached hydrogens (tertiary/aromatic N) is 1. The van der Waals surface area contributed by atoms with Gasteiger partial charge in [-0.15, -0.1) is 0 Å². The van der Waals surface area contributed by atoms with Gasteiger partial charge in [0.1, 0.15) is 0 Å². The molecule has 3 rings (SSSR count). The van der Waals surface area contributed by atoms with Crippen molar-refractivity contribution in [3.05, 3.63) is 53.1 Å². The molecular formula is C22H25N3O11S. The first-order valence-corrected chi connectivity index (χ1v) is 12.3. The number of hydrogen-bond acceptors (Lipinski definition) is 12. The zero-order chi connectivity index (χ0) is 28.1. The fourth-order valence-electron chi connectivity index (χ4n) is 3.79. The Hall–Kier alpha value is -3.60. The van der Waals surface area contributed by atoms with Crippen LogP contribution < -0.4 is 20.5 Å². The van der Waals surface area contributed by atoms with Crippen LogP contribution in [0.3, 0.4) is 0 Å². The van der Waals surface area contributed by atoms with Crippen LogP contribution in [-0.2, 0) is 20.4 Å². The monoisotopic (exact) mass is 539 g/mol. The van der Waals surface area contributed by atoms with Crippen LogP contribution in [0.1, 0.15) is 40.1 Å². The van der Waals surface area contributed by atoms with Crippen LogP contribution in [0.4, 0.5) is 5.69 Å². The zero-order valence-corrected chi connectivity index (χ0v) is 20.9. The number of fused-ring (bicyclic) bond motifs is 1. The van der Waals surface area contributed by atoms with Crippen molar-refractivity contribution in [1.82, 2.24) is 4.90 Å². The van der Waals surface area contributed by atoms with E-state index in [1.807, 2.05) is 0 Å². The zero-order valence-electron chi connectivity index (χ0n) is 20.0. The van der Waals surface area contributed by atoms with Gasteiger partial charge in [-0.25, -0.2) is 13.3 Å². The fraction of sp³-hybridized carbons (Fsp3) is 0.318. The molecule has 0 fully saturated rings. The molecule has 2 atom stereocenters. The Morgan fingerprint density at radius 2 is 1.68 bits per heavy atom. The van der Waals surface area contributed by atoms with Gasteiger partial charge in [0.05, 0.1) is 23.9 Å². The number of imide groups is 1. The van der Waals surface area contributed by atoms with Crippen molar-refractivity contribution in [2.75, 3.05) is 18.7 Å². The number of sulfone groups is 1. The first-order chi connectivity index (χ1) is 16.9. The number of nitrogens with two attached hydrogens (primary N) is 1. The number of anilines is 1. The van der Waals surface area contributed by atoms with Crippen molar-refractivity contribution in [3.63, 3.8) is 0 Å². The predicted octanol–water partition coefficient (Wildman–Crippen LogP) is -1.22. The number of amides is 3. The number of ether oxygens (including phenoxy) is 2. The lowest BCUT2D eigenvalue weighted by Crippen LogP contribution is -2.66. The van der Waals surface area contributed by atoms with Gasteiger partial charge in [0.25, 0.3) is 17.7 Å². The van der Waals surface area contributed by atoms with Crippen molar-refractivity contribution in [2.24, 2.45) is 5.73 Å². The smallest absolute Gasteiger partial charge is 0.323 e. The van der Waals surface area contributed by atoms with Crippen LogP contribution >= 0.6 is 0 Å². The Bertz CT molecular complexity index is 1400. The number of benzene rings is 2. The summed E-state index contributed by atoms with van der Waals surface area (Å²) in [6, 6.07) is 6.54. The third-order valence-corrected chi connectivity index (χ3v) is 6.72. The van der Waals surface area contributed by atoms with E-state index in [0.717, 1.165) is 38.1 Å². The van der Waals surface area contributed by atoms with Gasteiger partial charge < -0.3 is 35.2 Å². The van der Waals surface area contributed by atoms with Crippen LogP contribution in [0.5, 0.6) is 11.5 Å². The summed E-state index contributed by atoms with van der Waals surface area (Å²) in [5.74, 6) is -6.12. The summed E-state index contributed by atoms with van der Waals surface area (Å²) in [5.41, 5.74) is 0.0559. The highest BCUT2D eigenvalue weighted by atomic mass is 32.2. The standard InChI is InChI=1S/C22H25N3O11S/c1-11(26)24-14-7-5-6-13-17(14)19(28)25(18(13)27)21(30,22(31,32)37(4,33)34)12-8-9-15(35-3)16(10-12)36-20(2,23)29/h5-10,29-32H,23H2,1-4H3,(H,24,26). The van der Waals surface area contributed by atoms with E-state index in [1.165, 1.54) is 19.2 Å². The van der Waals surface area contributed by atoms with Gasteiger partial charge >= 0.3 is 5.12 Å². The summed E-state index contributed by atoms with van der Waals surface area (Å²) in [6.45, 7) is 2.16. The topological polar surface area (TPSA) is 226 Å². The number of carbonyl (C=O) groups excluding carboxylic acids is 3. The number of aliphatic hydroxyl groups is 4. The normalized spacial score (nSPS) is 17.1. The quantitative estimate of drug-likeness (QED) is 0.171. The minimum atomic E-state index is -5.07. The molecule has 0 saturated heterocycles. The molecule has 0 aromatic heterocycles. The van der Waals surface area contributed by atoms with Crippen molar-refractivity contribution in [1.29, 1.82) is 0 Å². The molecule has 2 aromatic rings. The molecular weight excluding hydrogens is 514 g/mol. The lowest BCUT2D eigenvalue weighted by molar-refractivity contribution is -0.263. The lowest BCUT2D eigenvalue weighted by Gasteiger charge is -2.43. The van der Waals surface area contributed by atoms with E-state index in [9.17, 15) is 43.2 Å². The first-order valence-electron chi connectivity index (χ1n) is 10.4. The first kappa shape index (κ1) is 28.0. The Morgan fingerprint density at radius 1 is 1.05 bits per heavy atom. The molecule has 0 aliphatic carbocycles. The minimum absolute atomic E-state index is 0.0593. The summed E-state index contributed by atoms with van der Waals surface area (Å²) >= 11 is 0. The predicted molar refractivity (Wildman–Crippen MR) is 126 cm³/mol. The van der Waals surface area contributed by atoms with E-state index in [1.54, 1.807) is 0 Å². The van der Waals surface area contributed by atoms with Gasteiger partial charge in [0.15, 0.2) is 11.5 Å². The van der Waals surface area contributed by atoms with Crippen molar-refractivity contribution in [2.45, 2.75) is 30.6 Å². The average molecular weight is 540 g/mol. The van der Waals surface area contributed by atoms with Crippen LogP contribution in [0.25, 0.3) is 0 Å². The molecule has 0 spiro atoms. The summed E-state index contributed by atoms with van der Waals surface area (Å²) in [5, 5.41) is 41.4. The maximum atomic E-state index is 13.5. The highest BCUT2D eigenvalue weighted by Crippen LogP contribution is 2.46. The molecule has 1 aliphatic heterocycles. The molecule has 14 nitrogen and oxygen atoms in total. The summed E-state index contributed by atoms with van der Waals surface area (Å²) in [7, 11) is -3.87. The Kier molecular flexibility index (Phi) is 6.85. The molecule has 1 aliphatic rings. The number of carbonyl (C=O) groups is 3. The van der Waals surface area contributed by atoms with Crippen LogP contribution in [0.2, 0.25) is 0 Å². The van der Waals surface area contributed by atoms with E-state index >= 15 is 0 Å². The largest absolute Gasteiger partial charge is 0.493 e. The van der Waals surface area contributed by atoms with E-state index in [2.05, 4.69) is 5.32 Å². The number of rotatable bonds is 8. The van der Waals surface area contributed by atoms with E-state index in [4.69, 9.17) is 15.2 Å². The Balaban J connectivity index is 2.35. The molecule has 2 aromatic carbocycles. The molecule has 0 radical (unpaired) electrons. The minimum Gasteiger partial charge on any atom is -0.493 e. The second-order valence-corrected chi connectivity index (χ2v) is 10.5. The van der Waals surface area contributed by atoms with Crippen molar-refractivity contribution >= 4 is 33.2 Å². The highest BCUT2D eigenvalue weighted by Gasteiger charge is 2.66. The maximum Gasteiger partial charge on any atom is 0.323 e. The summed E-state index contributed by atoms with van der Waals surface area (Å²) in [6.07, 6.45) is 0.352. The molecule has 0 bridgehead atoms. The molecule has 1 heterocycles. The second kappa shape index (κ2) is 9.05. The Labute approximate surface area is 210 Å². The fourth-order valence-corrected chi connectivity index (χ4v) is 4.52. The maximum absolute atomic E-state index is 13.5. The third kappa shape index (κ3) is 4.63. The molecule has 37 heavy (non-hydrogen) atoms. The Morgan fingerprint density at radius 3 is 2.19 bits per heavy atom. The third-order valence-electron chi connectivity index (χ3n) is 5.40. The number of methoxy groups -OCH3 is 1. The van der Waals surface area contributed by atoms with Gasteiger partial charge in [-0.05, 0) is 30.3 Å². The van der Waals surface area contributed by atoms with Crippen LogP contribution in [0.15, 0.2) is 36.4 Å².